The number of fused-ring (bicyclic) bond motifs is 3. The molecule has 0 aliphatic carbocycles. The van der Waals surface area contributed by atoms with Crippen LogP contribution in [0.5, 0.6) is 0 Å². The molecule has 0 spiro atoms. The van der Waals surface area contributed by atoms with E-state index in [4.69, 9.17) is 23.2 Å². The molecule has 4 rings (SSSR count). The van der Waals surface area contributed by atoms with Gasteiger partial charge in [0.15, 0.2) is 0 Å². The SMILES string of the molecule is Cc1cccc(NC(=O)Cn2c3c(c4ccc(Cl)c(Cl)c42)CC=NC=C3)c1C. The number of amides is 1. The molecule has 0 atom stereocenters. The van der Waals surface area contributed by atoms with E-state index in [9.17, 15) is 4.79 Å². The van der Waals surface area contributed by atoms with Crippen LogP contribution in [0.2, 0.25) is 10.0 Å². The van der Waals surface area contributed by atoms with Gasteiger partial charge in [0.25, 0.3) is 0 Å². The molecule has 1 aliphatic rings. The number of hydrogen-bond donors (Lipinski definition) is 1. The molecule has 1 N–H and O–H groups in total. The van der Waals surface area contributed by atoms with Gasteiger partial charge in [-0.05, 0) is 48.7 Å². The number of hydrogen-bond acceptors (Lipinski definition) is 2. The number of anilines is 1. The molecule has 0 bridgehead atoms. The third-order valence-electron chi connectivity index (χ3n) is 5.16. The first-order valence-electron chi connectivity index (χ1n) is 9.00. The first-order valence-corrected chi connectivity index (χ1v) is 9.76. The highest BCUT2D eigenvalue weighted by molar-refractivity contribution is 6.45. The minimum atomic E-state index is -0.122. The number of aryl methyl sites for hydroxylation is 1. The van der Waals surface area contributed by atoms with E-state index >= 15 is 0 Å². The van der Waals surface area contributed by atoms with E-state index in [2.05, 4.69) is 10.3 Å². The lowest BCUT2D eigenvalue weighted by molar-refractivity contribution is -0.116. The first kappa shape index (κ1) is 18.8. The van der Waals surface area contributed by atoms with E-state index in [1.165, 1.54) is 0 Å². The van der Waals surface area contributed by atoms with Gasteiger partial charge in [-0.15, -0.1) is 0 Å². The fourth-order valence-corrected chi connectivity index (χ4v) is 4.00. The van der Waals surface area contributed by atoms with Crippen LogP contribution >= 0.6 is 23.2 Å². The van der Waals surface area contributed by atoms with Gasteiger partial charge in [-0.3, -0.25) is 9.79 Å². The molecule has 0 radical (unpaired) electrons. The van der Waals surface area contributed by atoms with Crippen molar-refractivity contribution in [1.29, 1.82) is 0 Å². The Morgan fingerprint density at radius 3 is 2.86 bits per heavy atom. The molecule has 142 valence electrons. The van der Waals surface area contributed by atoms with Crippen LogP contribution in [0.4, 0.5) is 5.69 Å². The topological polar surface area (TPSA) is 46.4 Å². The second kappa shape index (κ2) is 7.46. The number of rotatable bonds is 3. The second-order valence-corrected chi connectivity index (χ2v) is 7.64. The summed E-state index contributed by atoms with van der Waals surface area (Å²) in [6.45, 7) is 4.15. The molecule has 1 amide bonds. The van der Waals surface area contributed by atoms with Gasteiger partial charge in [0.1, 0.15) is 6.54 Å². The van der Waals surface area contributed by atoms with Crippen molar-refractivity contribution in [2.75, 3.05) is 5.32 Å². The Bertz CT molecular complexity index is 1160. The number of halogens is 2. The largest absolute Gasteiger partial charge is 0.330 e. The van der Waals surface area contributed by atoms with E-state index in [1.807, 2.05) is 55.0 Å². The van der Waals surface area contributed by atoms with Gasteiger partial charge in [0.05, 0.1) is 15.6 Å². The van der Waals surface area contributed by atoms with Gasteiger partial charge in [0, 0.05) is 35.6 Å². The highest BCUT2D eigenvalue weighted by Crippen LogP contribution is 2.37. The Morgan fingerprint density at radius 2 is 2.04 bits per heavy atom. The minimum absolute atomic E-state index is 0.122. The third kappa shape index (κ3) is 3.23. The molecule has 2 heterocycles. The standard InChI is InChI=1S/C22H19Cl2N3O/c1-13-4-3-5-18(14(13)2)26-20(28)12-27-19-9-11-25-10-8-15(19)16-6-7-17(23)21(24)22(16)27/h3-7,9-11H,8,12H2,1-2H3,(H,26,28). The highest BCUT2D eigenvalue weighted by Gasteiger charge is 2.21. The summed E-state index contributed by atoms with van der Waals surface area (Å²) in [6, 6.07) is 9.61. The molecular formula is C22H19Cl2N3O. The predicted molar refractivity (Wildman–Crippen MR) is 118 cm³/mol. The number of nitrogens with one attached hydrogen (secondary N) is 1. The smallest absolute Gasteiger partial charge is 0.244 e. The Labute approximate surface area is 173 Å². The van der Waals surface area contributed by atoms with Gasteiger partial charge >= 0.3 is 0 Å². The normalized spacial score (nSPS) is 12.9. The fourth-order valence-electron chi connectivity index (χ4n) is 3.58. The van der Waals surface area contributed by atoms with Gasteiger partial charge in [0.2, 0.25) is 5.91 Å². The molecule has 28 heavy (non-hydrogen) atoms. The summed E-state index contributed by atoms with van der Waals surface area (Å²) in [7, 11) is 0. The van der Waals surface area contributed by atoms with Crippen molar-refractivity contribution in [2.24, 2.45) is 4.99 Å². The van der Waals surface area contributed by atoms with Crippen LogP contribution in [0.25, 0.3) is 17.0 Å². The van der Waals surface area contributed by atoms with Gasteiger partial charge in [-0.25, -0.2) is 0 Å². The fraction of sp³-hybridized carbons (Fsp3) is 0.182. The zero-order valence-corrected chi connectivity index (χ0v) is 17.1. The Balaban J connectivity index is 1.78. The maximum atomic E-state index is 12.9. The first-order chi connectivity index (χ1) is 13.5. The molecule has 0 saturated carbocycles. The van der Waals surface area contributed by atoms with Crippen molar-refractivity contribution in [2.45, 2.75) is 26.8 Å². The predicted octanol–water partition coefficient (Wildman–Crippen LogP) is 5.80. The molecule has 0 fully saturated rings. The monoisotopic (exact) mass is 411 g/mol. The number of carbonyl (C=O) groups is 1. The summed E-state index contributed by atoms with van der Waals surface area (Å²) in [4.78, 5) is 17.1. The van der Waals surface area contributed by atoms with Crippen molar-refractivity contribution < 1.29 is 4.79 Å². The Morgan fingerprint density at radius 1 is 1.21 bits per heavy atom. The summed E-state index contributed by atoms with van der Waals surface area (Å²) in [6.07, 6.45) is 6.17. The van der Waals surface area contributed by atoms with Gasteiger partial charge in [-0.1, -0.05) is 41.4 Å². The lowest BCUT2D eigenvalue weighted by atomic mass is 10.1. The van der Waals surface area contributed by atoms with Crippen molar-refractivity contribution in [3.63, 3.8) is 0 Å². The van der Waals surface area contributed by atoms with Crippen molar-refractivity contribution in [3.05, 3.63) is 69.0 Å². The molecule has 1 aromatic heterocycles. The summed E-state index contributed by atoms with van der Waals surface area (Å²) in [5.41, 5.74) is 5.79. The summed E-state index contributed by atoms with van der Waals surface area (Å²) < 4.78 is 1.92. The zero-order chi connectivity index (χ0) is 19.8. The molecule has 0 saturated heterocycles. The number of carbonyl (C=O) groups excluding carboxylic acids is 1. The van der Waals surface area contributed by atoms with Crippen molar-refractivity contribution in [3.8, 4) is 0 Å². The Hall–Kier alpha value is -2.56. The second-order valence-electron chi connectivity index (χ2n) is 6.85. The maximum Gasteiger partial charge on any atom is 0.244 e. The quantitative estimate of drug-likeness (QED) is 0.581. The van der Waals surface area contributed by atoms with Crippen LogP contribution in [0.3, 0.4) is 0 Å². The molecule has 2 aromatic carbocycles. The number of aliphatic imine (C=N–C) groups is 1. The molecule has 4 nitrogen and oxygen atoms in total. The Kier molecular flexibility index (Phi) is 5.00. The molecule has 1 aliphatic heterocycles. The van der Waals surface area contributed by atoms with Crippen LogP contribution in [0.1, 0.15) is 22.4 Å². The van der Waals surface area contributed by atoms with E-state index in [0.29, 0.717) is 16.5 Å². The van der Waals surface area contributed by atoms with Crippen LogP contribution in [0.15, 0.2) is 41.5 Å². The van der Waals surface area contributed by atoms with Crippen molar-refractivity contribution >= 4 is 58.0 Å². The zero-order valence-electron chi connectivity index (χ0n) is 15.6. The van der Waals surface area contributed by atoms with Crippen LogP contribution in [-0.2, 0) is 17.8 Å². The van der Waals surface area contributed by atoms with Crippen LogP contribution in [-0.4, -0.2) is 16.7 Å². The summed E-state index contributed by atoms with van der Waals surface area (Å²) >= 11 is 12.8. The molecule has 6 heteroatoms. The molecular weight excluding hydrogens is 393 g/mol. The van der Waals surface area contributed by atoms with Crippen LogP contribution in [0, 0.1) is 13.8 Å². The molecule has 0 unspecified atom stereocenters. The van der Waals surface area contributed by atoms with E-state index in [0.717, 1.165) is 39.0 Å². The maximum absolute atomic E-state index is 12.9. The van der Waals surface area contributed by atoms with E-state index < -0.39 is 0 Å². The molecule has 3 aromatic rings. The summed E-state index contributed by atoms with van der Waals surface area (Å²) in [5.74, 6) is -0.122. The van der Waals surface area contributed by atoms with E-state index in [1.54, 1.807) is 12.3 Å². The number of benzene rings is 2. The summed E-state index contributed by atoms with van der Waals surface area (Å²) in [5, 5.41) is 4.93. The highest BCUT2D eigenvalue weighted by atomic mass is 35.5. The van der Waals surface area contributed by atoms with Crippen molar-refractivity contribution in [1.82, 2.24) is 4.57 Å². The van der Waals surface area contributed by atoms with Crippen LogP contribution < -0.4 is 5.32 Å². The third-order valence-corrected chi connectivity index (χ3v) is 5.96. The van der Waals surface area contributed by atoms with Gasteiger partial charge < -0.3 is 9.88 Å². The minimum Gasteiger partial charge on any atom is -0.330 e. The lowest BCUT2D eigenvalue weighted by Crippen LogP contribution is -2.20. The average molecular weight is 412 g/mol. The average Bonchev–Trinajstić information content (AvgIpc) is 2.82. The van der Waals surface area contributed by atoms with Gasteiger partial charge in [-0.2, -0.15) is 0 Å². The number of aromatic nitrogens is 1. The van der Waals surface area contributed by atoms with E-state index in [-0.39, 0.29) is 12.5 Å². The lowest BCUT2D eigenvalue weighted by Gasteiger charge is -2.13. The number of nitrogens with zero attached hydrogens (tertiary/aromatic N) is 2.